The zero-order valence-corrected chi connectivity index (χ0v) is 14.4. The topological polar surface area (TPSA) is 50.4 Å². The summed E-state index contributed by atoms with van der Waals surface area (Å²) in [5.74, 6) is 2.31. The first-order valence-electron chi connectivity index (χ1n) is 8.83. The number of hydrogen-bond acceptors (Lipinski definition) is 3. The minimum absolute atomic E-state index is 0.133. The Labute approximate surface area is 140 Å². The van der Waals surface area contributed by atoms with Gasteiger partial charge in [0.15, 0.2) is 0 Å². The third-order valence-electron chi connectivity index (χ3n) is 4.34. The Kier molecular flexibility index (Phi) is 7.40. The van der Waals surface area contributed by atoms with E-state index in [0.717, 1.165) is 43.9 Å². The van der Waals surface area contributed by atoms with Crippen LogP contribution in [0.15, 0.2) is 24.3 Å². The molecular weight excluding hydrogens is 288 g/mol. The summed E-state index contributed by atoms with van der Waals surface area (Å²) in [7, 11) is 0. The van der Waals surface area contributed by atoms with E-state index in [9.17, 15) is 4.79 Å². The quantitative estimate of drug-likeness (QED) is 0.735. The van der Waals surface area contributed by atoms with Crippen LogP contribution >= 0.6 is 0 Å². The van der Waals surface area contributed by atoms with E-state index in [1.807, 2.05) is 24.3 Å². The van der Waals surface area contributed by atoms with Crippen molar-refractivity contribution in [2.24, 2.45) is 11.8 Å². The third kappa shape index (κ3) is 6.61. The lowest BCUT2D eigenvalue weighted by atomic mass is 10.0. The van der Waals surface area contributed by atoms with Crippen LogP contribution in [0.25, 0.3) is 0 Å². The Bertz CT molecular complexity index is 482. The van der Waals surface area contributed by atoms with Crippen LogP contribution in [-0.4, -0.2) is 25.6 Å². The standard InChI is InChI=1S/C19H30N2O2/c1-15(2)10-12-23-18-6-4-3-5-17(18)14-21-19(22)8-7-16-9-11-20-13-16/h3-6,15-16,20H,7-14H2,1-2H3,(H,21,22). The number of hydrogen-bond donors (Lipinski definition) is 2. The molecule has 0 spiro atoms. The van der Waals surface area contributed by atoms with E-state index in [2.05, 4.69) is 24.5 Å². The highest BCUT2D eigenvalue weighted by Gasteiger charge is 2.15. The Morgan fingerprint density at radius 2 is 2.22 bits per heavy atom. The molecule has 1 aromatic rings. The number of benzene rings is 1. The van der Waals surface area contributed by atoms with Gasteiger partial charge in [-0.25, -0.2) is 0 Å². The van der Waals surface area contributed by atoms with Crippen molar-refractivity contribution >= 4 is 5.91 Å². The summed E-state index contributed by atoms with van der Waals surface area (Å²) in [6, 6.07) is 7.96. The van der Waals surface area contributed by atoms with Gasteiger partial charge in [-0.3, -0.25) is 4.79 Å². The highest BCUT2D eigenvalue weighted by molar-refractivity contribution is 5.75. The molecule has 0 aromatic heterocycles. The Balaban J connectivity index is 1.74. The molecule has 128 valence electrons. The molecule has 1 atom stereocenters. The smallest absolute Gasteiger partial charge is 0.220 e. The average Bonchev–Trinajstić information content (AvgIpc) is 3.05. The van der Waals surface area contributed by atoms with Crippen molar-refractivity contribution in [3.8, 4) is 5.75 Å². The summed E-state index contributed by atoms with van der Waals surface area (Å²) in [6.45, 7) is 7.79. The summed E-state index contributed by atoms with van der Waals surface area (Å²) >= 11 is 0. The molecular formula is C19H30N2O2. The van der Waals surface area contributed by atoms with Gasteiger partial charge in [0, 0.05) is 18.5 Å². The lowest BCUT2D eigenvalue weighted by Crippen LogP contribution is -2.24. The minimum Gasteiger partial charge on any atom is -0.493 e. The predicted molar refractivity (Wildman–Crippen MR) is 93.4 cm³/mol. The van der Waals surface area contributed by atoms with Gasteiger partial charge in [0.05, 0.1) is 6.61 Å². The lowest BCUT2D eigenvalue weighted by Gasteiger charge is -2.13. The lowest BCUT2D eigenvalue weighted by molar-refractivity contribution is -0.121. The van der Waals surface area contributed by atoms with Crippen LogP contribution in [0, 0.1) is 11.8 Å². The van der Waals surface area contributed by atoms with Crippen molar-refractivity contribution in [1.29, 1.82) is 0 Å². The van der Waals surface area contributed by atoms with E-state index < -0.39 is 0 Å². The molecule has 1 aliphatic rings. The molecule has 2 rings (SSSR count). The molecule has 1 fully saturated rings. The first-order valence-corrected chi connectivity index (χ1v) is 8.83. The van der Waals surface area contributed by atoms with Gasteiger partial charge in [0.2, 0.25) is 5.91 Å². The van der Waals surface area contributed by atoms with Gasteiger partial charge >= 0.3 is 0 Å². The molecule has 4 heteroatoms. The maximum Gasteiger partial charge on any atom is 0.220 e. The van der Waals surface area contributed by atoms with E-state index in [-0.39, 0.29) is 5.91 Å². The number of carbonyl (C=O) groups is 1. The molecule has 2 N–H and O–H groups in total. The summed E-state index contributed by atoms with van der Waals surface area (Å²) in [5, 5.41) is 6.36. The molecule has 1 aromatic carbocycles. The van der Waals surface area contributed by atoms with Gasteiger partial charge in [-0.15, -0.1) is 0 Å². The number of para-hydroxylation sites is 1. The van der Waals surface area contributed by atoms with Crippen LogP contribution in [-0.2, 0) is 11.3 Å². The van der Waals surface area contributed by atoms with Crippen molar-refractivity contribution < 1.29 is 9.53 Å². The van der Waals surface area contributed by atoms with Gasteiger partial charge in [-0.05, 0) is 50.3 Å². The number of ether oxygens (including phenoxy) is 1. The second-order valence-corrected chi connectivity index (χ2v) is 6.81. The van der Waals surface area contributed by atoms with Crippen LogP contribution in [0.1, 0.15) is 45.1 Å². The summed E-state index contributed by atoms with van der Waals surface area (Å²) in [4.78, 5) is 12.0. The second kappa shape index (κ2) is 9.56. The van der Waals surface area contributed by atoms with Crippen LogP contribution in [0.2, 0.25) is 0 Å². The van der Waals surface area contributed by atoms with Crippen LogP contribution in [0.5, 0.6) is 5.75 Å². The van der Waals surface area contributed by atoms with Gasteiger partial charge in [0.25, 0.3) is 0 Å². The monoisotopic (exact) mass is 318 g/mol. The van der Waals surface area contributed by atoms with Crippen molar-refractivity contribution in [1.82, 2.24) is 10.6 Å². The van der Waals surface area contributed by atoms with Gasteiger partial charge in [0.1, 0.15) is 5.75 Å². The second-order valence-electron chi connectivity index (χ2n) is 6.81. The van der Waals surface area contributed by atoms with Crippen LogP contribution in [0.3, 0.4) is 0 Å². The molecule has 1 unspecified atom stereocenters. The Morgan fingerprint density at radius 3 is 2.96 bits per heavy atom. The first-order chi connectivity index (χ1) is 11.1. The van der Waals surface area contributed by atoms with Crippen molar-refractivity contribution in [2.75, 3.05) is 19.7 Å². The van der Waals surface area contributed by atoms with Gasteiger partial charge in [-0.1, -0.05) is 32.0 Å². The van der Waals surface area contributed by atoms with E-state index >= 15 is 0 Å². The highest BCUT2D eigenvalue weighted by atomic mass is 16.5. The molecule has 1 aliphatic heterocycles. The zero-order chi connectivity index (χ0) is 16.5. The van der Waals surface area contributed by atoms with Crippen LogP contribution < -0.4 is 15.4 Å². The largest absolute Gasteiger partial charge is 0.493 e. The number of nitrogens with one attached hydrogen (secondary N) is 2. The highest BCUT2D eigenvalue weighted by Crippen LogP contribution is 2.19. The number of carbonyl (C=O) groups excluding carboxylic acids is 1. The molecule has 0 saturated carbocycles. The normalized spacial score (nSPS) is 17.4. The molecule has 1 heterocycles. The van der Waals surface area contributed by atoms with Crippen molar-refractivity contribution in [3.05, 3.63) is 29.8 Å². The third-order valence-corrected chi connectivity index (χ3v) is 4.34. The fraction of sp³-hybridized carbons (Fsp3) is 0.632. The average molecular weight is 318 g/mol. The van der Waals surface area contributed by atoms with E-state index in [0.29, 0.717) is 24.8 Å². The molecule has 0 aliphatic carbocycles. The van der Waals surface area contributed by atoms with E-state index in [4.69, 9.17) is 4.74 Å². The van der Waals surface area contributed by atoms with Gasteiger partial charge < -0.3 is 15.4 Å². The van der Waals surface area contributed by atoms with E-state index in [1.54, 1.807) is 0 Å². The summed E-state index contributed by atoms with van der Waals surface area (Å²) < 4.78 is 5.86. The fourth-order valence-electron chi connectivity index (χ4n) is 2.77. The maximum absolute atomic E-state index is 12.0. The maximum atomic E-state index is 12.0. The molecule has 0 radical (unpaired) electrons. The molecule has 23 heavy (non-hydrogen) atoms. The Morgan fingerprint density at radius 1 is 1.39 bits per heavy atom. The summed E-state index contributed by atoms with van der Waals surface area (Å²) in [6.07, 6.45) is 3.82. The van der Waals surface area contributed by atoms with Crippen molar-refractivity contribution in [2.45, 2.75) is 46.1 Å². The van der Waals surface area contributed by atoms with Crippen LogP contribution in [0.4, 0.5) is 0 Å². The molecule has 4 nitrogen and oxygen atoms in total. The van der Waals surface area contributed by atoms with Gasteiger partial charge in [-0.2, -0.15) is 0 Å². The molecule has 0 bridgehead atoms. The van der Waals surface area contributed by atoms with E-state index in [1.165, 1.54) is 6.42 Å². The molecule has 1 saturated heterocycles. The SMILES string of the molecule is CC(C)CCOc1ccccc1CNC(=O)CCC1CCNC1. The predicted octanol–water partition coefficient (Wildman–Crippen LogP) is 3.12. The van der Waals surface area contributed by atoms with Crippen molar-refractivity contribution in [3.63, 3.8) is 0 Å². The minimum atomic E-state index is 0.133. The molecule has 1 amide bonds. The number of rotatable bonds is 9. The zero-order valence-electron chi connectivity index (χ0n) is 14.4. The Hall–Kier alpha value is -1.55. The number of amides is 1. The summed E-state index contributed by atoms with van der Waals surface area (Å²) in [5.41, 5.74) is 1.05. The fourth-order valence-corrected chi connectivity index (χ4v) is 2.77. The first kappa shape index (κ1) is 17.8.